The van der Waals surface area contributed by atoms with Crippen LogP contribution in [-0.4, -0.2) is 40.6 Å². The van der Waals surface area contributed by atoms with Crippen molar-refractivity contribution in [2.75, 3.05) is 13.1 Å². The molecule has 5 heteroatoms. The van der Waals surface area contributed by atoms with Gasteiger partial charge in [-0.05, 0) is 64.1 Å². The molecule has 5 rings (SSSR count). The lowest BCUT2D eigenvalue weighted by atomic mass is 9.73. The number of fused-ring (bicyclic) bond motifs is 4. The van der Waals surface area contributed by atoms with Gasteiger partial charge in [-0.15, -0.1) is 6.58 Å². The number of hydrogen-bond donors (Lipinski definition) is 1. The summed E-state index contributed by atoms with van der Waals surface area (Å²) < 4.78 is 6.14. The van der Waals surface area contributed by atoms with Gasteiger partial charge in [0, 0.05) is 29.2 Å². The number of hydrogen-bond acceptors (Lipinski definition) is 4. The Morgan fingerprint density at radius 1 is 1.34 bits per heavy atom. The number of rotatable bonds is 4. The molecule has 3 saturated heterocycles. The molecular formula is C24H31N3O2. The molecule has 0 aliphatic carbocycles. The van der Waals surface area contributed by atoms with Crippen LogP contribution >= 0.6 is 0 Å². The minimum atomic E-state index is -0.369. The highest BCUT2D eigenvalue weighted by Crippen LogP contribution is 2.43. The number of amides is 1. The van der Waals surface area contributed by atoms with Gasteiger partial charge in [-0.25, -0.2) is 4.79 Å². The predicted molar refractivity (Wildman–Crippen MR) is 116 cm³/mol. The van der Waals surface area contributed by atoms with Crippen molar-refractivity contribution in [2.45, 2.75) is 51.3 Å². The number of nitrogens with one attached hydrogen (secondary N) is 1. The van der Waals surface area contributed by atoms with Crippen molar-refractivity contribution in [3.05, 3.63) is 54.7 Å². The quantitative estimate of drug-likeness (QED) is 0.765. The zero-order valence-corrected chi connectivity index (χ0v) is 17.6. The van der Waals surface area contributed by atoms with E-state index in [1.165, 1.54) is 6.42 Å². The van der Waals surface area contributed by atoms with E-state index in [9.17, 15) is 4.79 Å². The lowest BCUT2D eigenvalue weighted by Crippen LogP contribution is -2.56. The number of alkyl carbamates (subject to hydrolysis) is 1. The summed E-state index contributed by atoms with van der Waals surface area (Å²) in [7, 11) is 0. The number of carbonyl (C=O) groups excluding carboxylic acids is 1. The first-order valence-electron chi connectivity index (χ1n) is 10.5. The smallest absolute Gasteiger partial charge is 0.408 e. The Morgan fingerprint density at radius 2 is 2.14 bits per heavy atom. The highest BCUT2D eigenvalue weighted by molar-refractivity contribution is 5.82. The van der Waals surface area contributed by atoms with Gasteiger partial charge in [0.2, 0.25) is 0 Å². The van der Waals surface area contributed by atoms with Crippen LogP contribution in [0.5, 0.6) is 0 Å². The second kappa shape index (κ2) is 7.79. The van der Waals surface area contributed by atoms with E-state index in [0.717, 1.165) is 36.0 Å². The number of pyridine rings is 1. The van der Waals surface area contributed by atoms with Crippen molar-refractivity contribution in [1.82, 2.24) is 15.2 Å². The lowest BCUT2D eigenvalue weighted by molar-refractivity contribution is -0.0506. The molecule has 1 aromatic heterocycles. The molecule has 2 bridgehead atoms. The van der Waals surface area contributed by atoms with Gasteiger partial charge in [-0.2, -0.15) is 0 Å². The number of benzene rings is 1. The zero-order valence-electron chi connectivity index (χ0n) is 17.6. The average Bonchev–Trinajstić information content (AvgIpc) is 2.70. The van der Waals surface area contributed by atoms with E-state index in [1.807, 2.05) is 51.2 Å². The SMILES string of the molecule is C=C[C@H]1CN2CC[C@H]1C[C@@H]2[C@@H](OC(=O)NC(C)(C)C)c1ccnc2ccccc12. The molecule has 3 aliphatic rings. The number of nitrogens with zero attached hydrogens (tertiary/aromatic N) is 2. The van der Waals surface area contributed by atoms with Gasteiger partial charge in [0.25, 0.3) is 0 Å². The Hall–Kier alpha value is -2.40. The molecule has 154 valence electrons. The fourth-order valence-electron chi connectivity index (χ4n) is 4.86. The van der Waals surface area contributed by atoms with E-state index >= 15 is 0 Å². The summed E-state index contributed by atoms with van der Waals surface area (Å²) in [4.78, 5) is 19.7. The van der Waals surface area contributed by atoms with Gasteiger partial charge in [0.15, 0.2) is 0 Å². The third-order valence-electron chi connectivity index (χ3n) is 6.20. The highest BCUT2D eigenvalue weighted by atomic mass is 16.6. The largest absolute Gasteiger partial charge is 0.440 e. The molecule has 4 heterocycles. The molecule has 1 N–H and O–H groups in total. The molecule has 1 amide bonds. The summed E-state index contributed by atoms with van der Waals surface area (Å²) in [6.07, 6.45) is 5.41. The van der Waals surface area contributed by atoms with Crippen molar-refractivity contribution in [1.29, 1.82) is 0 Å². The second-order valence-electron chi connectivity index (χ2n) is 9.36. The topological polar surface area (TPSA) is 54.5 Å². The van der Waals surface area contributed by atoms with Crippen molar-refractivity contribution in [3.8, 4) is 0 Å². The molecule has 1 unspecified atom stereocenters. The first kappa shape index (κ1) is 19.9. The summed E-state index contributed by atoms with van der Waals surface area (Å²) in [6.45, 7) is 12.0. The molecule has 0 spiro atoms. The van der Waals surface area contributed by atoms with E-state index in [-0.39, 0.29) is 23.8 Å². The van der Waals surface area contributed by atoms with Gasteiger partial charge < -0.3 is 10.1 Å². The Labute approximate surface area is 173 Å². The Balaban J connectivity index is 1.70. The minimum Gasteiger partial charge on any atom is -0.440 e. The molecule has 5 atom stereocenters. The van der Waals surface area contributed by atoms with Crippen LogP contribution in [-0.2, 0) is 4.74 Å². The van der Waals surface area contributed by atoms with E-state index in [0.29, 0.717) is 11.8 Å². The van der Waals surface area contributed by atoms with E-state index < -0.39 is 0 Å². The molecule has 1 aromatic carbocycles. The third-order valence-corrected chi connectivity index (χ3v) is 6.20. The van der Waals surface area contributed by atoms with Crippen LogP contribution in [0.2, 0.25) is 0 Å². The zero-order chi connectivity index (χ0) is 20.6. The van der Waals surface area contributed by atoms with Crippen LogP contribution in [0.4, 0.5) is 4.79 Å². The molecule has 5 nitrogen and oxygen atoms in total. The van der Waals surface area contributed by atoms with Gasteiger partial charge in [0.05, 0.1) is 11.6 Å². The predicted octanol–water partition coefficient (Wildman–Crippen LogP) is 4.70. The Morgan fingerprint density at radius 3 is 2.83 bits per heavy atom. The molecular weight excluding hydrogens is 362 g/mol. The molecule has 3 aliphatic heterocycles. The maximum absolute atomic E-state index is 12.8. The summed E-state index contributed by atoms with van der Waals surface area (Å²) in [5.74, 6) is 1.13. The van der Waals surface area contributed by atoms with E-state index in [4.69, 9.17) is 4.74 Å². The maximum atomic E-state index is 12.8. The van der Waals surface area contributed by atoms with Crippen LogP contribution < -0.4 is 5.32 Å². The summed E-state index contributed by atoms with van der Waals surface area (Å²) in [6, 6.07) is 10.3. The monoisotopic (exact) mass is 393 g/mol. The fraction of sp³-hybridized carbons (Fsp3) is 0.500. The van der Waals surface area contributed by atoms with Gasteiger partial charge >= 0.3 is 6.09 Å². The van der Waals surface area contributed by atoms with Crippen LogP contribution in [0.3, 0.4) is 0 Å². The average molecular weight is 394 g/mol. The number of para-hydroxylation sites is 1. The third kappa shape index (κ3) is 4.15. The fourth-order valence-corrected chi connectivity index (χ4v) is 4.86. The summed E-state index contributed by atoms with van der Waals surface area (Å²) in [5, 5.41) is 4.01. The normalized spacial score (nSPS) is 27.4. The van der Waals surface area contributed by atoms with Crippen molar-refractivity contribution < 1.29 is 9.53 Å². The minimum absolute atomic E-state index is 0.168. The second-order valence-corrected chi connectivity index (χ2v) is 9.36. The molecule has 0 radical (unpaired) electrons. The molecule has 3 fully saturated rings. The first-order chi connectivity index (χ1) is 13.9. The highest BCUT2D eigenvalue weighted by Gasteiger charge is 2.44. The maximum Gasteiger partial charge on any atom is 0.408 e. The summed E-state index contributed by atoms with van der Waals surface area (Å²) in [5.41, 5.74) is 1.61. The van der Waals surface area contributed by atoms with Crippen LogP contribution in [0.1, 0.15) is 45.3 Å². The lowest BCUT2D eigenvalue weighted by Gasteiger charge is -2.51. The van der Waals surface area contributed by atoms with Gasteiger partial charge in [-0.1, -0.05) is 24.3 Å². The number of aromatic nitrogens is 1. The van der Waals surface area contributed by atoms with E-state index in [2.05, 4.69) is 33.9 Å². The number of ether oxygens (including phenoxy) is 1. The first-order valence-corrected chi connectivity index (χ1v) is 10.5. The van der Waals surface area contributed by atoms with Crippen LogP contribution in [0, 0.1) is 11.8 Å². The van der Waals surface area contributed by atoms with Gasteiger partial charge in [-0.3, -0.25) is 9.88 Å². The molecule has 0 saturated carbocycles. The molecule has 2 aromatic rings. The Kier molecular flexibility index (Phi) is 5.34. The van der Waals surface area contributed by atoms with Crippen LogP contribution in [0.15, 0.2) is 49.2 Å². The molecule has 29 heavy (non-hydrogen) atoms. The van der Waals surface area contributed by atoms with Crippen LogP contribution in [0.25, 0.3) is 10.9 Å². The van der Waals surface area contributed by atoms with Crippen molar-refractivity contribution in [3.63, 3.8) is 0 Å². The van der Waals surface area contributed by atoms with E-state index in [1.54, 1.807) is 0 Å². The summed E-state index contributed by atoms with van der Waals surface area (Å²) >= 11 is 0. The van der Waals surface area contributed by atoms with Gasteiger partial charge in [0.1, 0.15) is 6.10 Å². The Bertz CT molecular complexity index is 899. The number of piperidine rings is 3. The number of carbonyl (C=O) groups is 1. The standard InChI is InChI=1S/C24H31N3O2/c1-5-16-15-27-13-11-17(16)14-21(27)22(29-23(28)26-24(2,3)4)19-10-12-25-20-9-7-6-8-18(19)20/h5-10,12,16-17,21-22H,1,11,13-15H2,2-4H3,(H,26,28)/t16-,17-,21+,22-/m0/s1. The van der Waals surface area contributed by atoms with Crippen molar-refractivity contribution >= 4 is 17.0 Å². The van der Waals surface area contributed by atoms with Crippen molar-refractivity contribution in [2.24, 2.45) is 11.8 Å².